The van der Waals surface area contributed by atoms with Crippen LogP contribution in [-0.2, 0) is 0 Å². The summed E-state index contributed by atoms with van der Waals surface area (Å²) in [5.74, 6) is 0. The minimum absolute atomic E-state index is 0.423. The molecule has 1 aromatic rings. The van der Waals surface area contributed by atoms with Gasteiger partial charge >= 0.3 is 0 Å². The summed E-state index contributed by atoms with van der Waals surface area (Å²) in [7, 11) is 2.17. The van der Waals surface area contributed by atoms with Crippen LogP contribution in [0.5, 0.6) is 0 Å². The molecule has 0 aliphatic carbocycles. The normalized spacial score (nSPS) is 11.7. The molecular weight excluding hydrogens is 232 g/mol. The maximum atomic E-state index is 3.53. The molecule has 0 amide bonds. The average molecular weight is 262 g/mol. The van der Waals surface area contributed by atoms with E-state index in [-0.39, 0.29) is 0 Å². The topological polar surface area (TPSA) is 15.3 Å². The maximum absolute atomic E-state index is 3.53. The first-order valence-corrected chi connectivity index (χ1v) is 7.29. The van der Waals surface area contributed by atoms with E-state index in [4.69, 9.17) is 0 Å². The Morgan fingerprint density at radius 2 is 1.79 bits per heavy atom. The Balaban J connectivity index is 2.33. The highest BCUT2D eigenvalue weighted by atomic mass is 15.1. The molecule has 0 aliphatic heterocycles. The Labute approximate surface area is 119 Å². The third kappa shape index (κ3) is 6.11. The first kappa shape index (κ1) is 16.0. The number of rotatable bonds is 6. The van der Waals surface area contributed by atoms with Gasteiger partial charge in [0.2, 0.25) is 0 Å². The first-order chi connectivity index (χ1) is 8.79. The summed E-state index contributed by atoms with van der Waals surface area (Å²) in [6.07, 6.45) is 1.22. The molecule has 0 saturated heterocycles. The lowest BCUT2D eigenvalue weighted by molar-refractivity contribution is 0.368. The third-order valence-electron chi connectivity index (χ3n) is 3.44. The van der Waals surface area contributed by atoms with Crippen molar-refractivity contribution in [3.63, 3.8) is 0 Å². The van der Waals surface area contributed by atoms with Gasteiger partial charge in [0.1, 0.15) is 0 Å². The largest absolute Gasteiger partial charge is 0.373 e. The Kier molecular flexibility index (Phi) is 5.86. The highest BCUT2D eigenvalue weighted by molar-refractivity contribution is 5.53. The van der Waals surface area contributed by atoms with Crippen LogP contribution in [0.1, 0.15) is 38.3 Å². The number of benzene rings is 1. The zero-order valence-electron chi connectivity index (χ0n) is 13.5. The molecule has 0 fully saturated rings. The van der Waals surface area contributed by atoms with Crippen molar-refractivity contribution in [1.82, 2.24) is 5.32 Å². The summed E-state index contributed by atoms with van der Waals surface area (Å²) in [6, 6.07) is 6.66. The van der Waals surface area contributed by atoms with Gasteiger partial charge in [-0.3, -0.25) is 0 Å². The fourth-order valence-electron chi connectivity index (χ4n) is 2.19. The van der Waals surface area contributed by atoms with Gasteiger partial charge in [0.25, 0.3) is 0 Å². The molecule has 0 saturated carbocycles. The second-order valence-corrected chi connectivity index (χ2v) is 6.77. The van der Waals surface area contributed by atoms with Crippen LogP contribution in [0.4, 0.5) is 5.69 Å². The van der Waals surface area contributed by atoms with Crippen molar-refractivity contribution in [3.8, 4) is 0 Å². The monoisotopic (exact) mass is 262 g/mol. The highest BCUT2D eigenvalue weighted by Crippen LogP contribution is 2.19. The van der Waals surface area contributed by atoms with E-state index in [9.17, 15) is 0 Å². The van der Waals surface area contributed by atoms with Crippen LogP contribution < -0.4 is 10.2 Å². The quantitative estimate of drug-likeness (QED) is 0.785. The number of hydrogen-bond donors (Lipinski definition) is 1. The van der Waals surface area contributed by atoms with Gasteiger partial charge in [0, 0.05) is 25.8 Å². The molecule has 1 rings (SSSR count). The van der Waals surface area contributed by atoms with Crippen LogP contribution in [0, 0.1) is 19.3 Å². The summed E-state index contributed by atoms with van der Waals surface area (Å²) >= 11 is 0. The van der Waals surface area contributed by atoms with Crippen molar-refractivity contribution in [2.75, 3.05) is 31.6 Å². The summed E-state index contributed by atoms with van der Waals surface area (Å²) in [6.45, 7) is 14.4. The van der Waals surface area contributed by atoms with Crippen LogP contribution >= 0.6 is 0 Å². The average Bonchev–Trinajstić information content (AvgIpc) is 2.26. The number of anilines is 1. The minimum atomic E-state index is 0.423. The van der Waals surface area contributed by atoms with Crippen molar-refractivity contribution in [1.29, 1.82) is 0 Å². The van der Waals surface area contributed by atoms with E-state index < -0.39 is 0 Å². The smallest absolute Gasteiger partial charge is 0.0393 e. The maximum Gasteiger partial charge on any atom is 0.0393 e. The zero-order chi connectivity index (χ0) is 14.5. The van der Waals surface area contributed by atoms with Gasteiger partial charge in [-0.2, -0.15) is 0 Å². The molecule has 1 aromatic carbocycles. The lowest BCUT2D eigenvalue weighted by Crippen LogP contribution is -2.31. The molecule has 19 heavy (non-hydrogen) atoms. The molecule has 0 aliphatic rings. The Hall–Kier alpha value is -1.02. The molecule has 0 bridgehead atoms. The van der Waals surface area contributed by atoms with Crippen molar-refractivity contribution in [2.24, 2.45) is 5.41 Å². The predicted molar refractivity (Wildman–Crippen MR) is 86.1 cm³/mol. The Bertz CT molecular complexity index is 391. The van der Waals surface area contributed by atoms with E-state index in [1.165, 1.54) is 23.2 Å². The van der Waals surface area contributed by atoms with Gasteiger partial charge in [-0.1, -0.05) is 38.5 Å². The zero-order valence-corrected chi connectivity index (χ0v) is 13.5. The lowest BCUT2D eigenvalue weighted by atomic mass is 9.92. The van der Waals surface area contributed by atoms with E-state index in [0.717, 1.165) is 19.6 Å². The first-order valence-electron chi connectivity index (χ1n) is 7.29. The summed E-state index contributed by atoms with van der Waals surface area (Å²) in [5.41, 5.74) is 4.45. The molecule has 0 radical (unpaired) electrons. The fraction of sp³-hybridized carbons (Fsp3) is 0.647. The van der Waals surface area contributed by atoms with E-state index >= 15 is 0 Å². The van der Waals surface area contributed by atoms with Crippen LogP contribution in [-0.4, -0.2) is 26.7 Å². The SMILES string of the molecule is Cc1ccc(N(C)CCNCCC(C)(C)C)c(C)c1. The highest BCUT2D eigenvalue weighted by Gasteiger charge is 2.09. The van der Waals surface area contributed by atoms with Crippen LogP contribution in [0.25, 0.3) is 0 Å². The van der Waals surface area contributed by atoms with Crippen molar-refractivity contribution >= 4 is 5.69 Å². The summed E-state index contributed by atoms with van der Waals surface area (Å²) in [4.78, 5) is 2.33. The van der Waals surface area contributed by atoms with Gasteiger partial charge in [-0.15, -0.1) is 0 Å². The van der Waals surface area contributed by atoms with Gasteiger partial charge in [-0.05, 0) is 43.9 Å². The molecular formula is C17H30N2. The molecule has 0 unspecified atom stereocenters. The van der Waals surface area contributed by atoms with Gasteiger partial charge in [0.05, 0.1) is 0 Å². The molecule has 0 aromatic heterocycles. The van der Waals surface area contributed by atoms with E-state index in [1.54, 1.807) is 0 Å². The number of aryl methyl sites for hydroxylation is 2. The molecule has 0 heterocycles. The molecule has 1 N–H and O–H groups in total. The second kappa shape index (κ2) is 6.95. The second-order valence-electron chi connectivity index (χ2n) is 6.77. The third-order valence-corrected chi connectivity index (χ3v) is 3.44. The lowest BCUT2D eigenvalue weighted by Gasteiger charge is -2.23. The van der Waals surface area contributed by atoms with Gasteiger partial charge in [-0.25, -0.2) is 0 Å². The predicted octanol–water partition coefficient (Wildman–Crippen LogP) is 3.77. The summed E-state index contributed by atoms with van der Waals surface area (Å²) < 4.78 is 0. The molecule has 0 atom stereocenters. The van der Waals surface area contributed by atoms with Gasteiger partial charge < -0.3 is 10.2 Å². The molecule has 108 valence electrons. The van der Waals surface area contributed by atoms with E-state index in [0.29, 0.717) is 5.41 Å². The van der Waals surface area contributed by atoms with Crippen molar-refractivity contribution in [3.05, 3.63) is 29.3 Å². The van der Waals surface area contributed by atoms with Crippen LogP contribution in [0.3, 0.4) is 0 Å². The molecule has 2 nitrogen and oxygen atoms in total. The van der Waals surface area contributed by atoms with Crippen LogP contribution in [0.2, 0.25) is 0 Å². The Morgan fingerprint density at radius 1 is 1.11 bits per heavy atom. The van der Waals surface area contributed by atoms with Crippen molar-refractivity contribution < 1.29 is 0 Å². The molecule has 2 heteroatoms. The van der Waals surface area contributed by atoms with Crippen molar-refractivity contribution in [2.45, 2.75) is 41.0 Å². The number of nitrogens with one attached hydrogen (secondary N) is 1. The summed E-state index contributed by atoms with van der Waals surface area (Å²) in [5, 5.41) is 3.53. The minimum Gasteiger partial charge on any atom is -0.373 e. The van der Waals surface area contributed by atoms with Crippen LogP contribution in [0.15, 0.2) is 18.2 Å². The molecule has 0 spiro atoms. The standard InChI is InChI=1S/C17H30N2/c1-14-7-8-16(15(2)13-14)19(6)12-11-18-10-9-17(3,4)5/h7-8,13,18H,9-12H2,1-6H3. The Morgan fingerprint density at radius 3 is 2.37 bits per heavy atom. The van der Waals surface area contributed by atoms with E-state index in [2.05, 4.69) is 70.1 Å². The number of nitrogens with zero attached hydrogens (tertiary/aromatic N) is 1. The fourth-order valence-corrected chi connectivity index (χ4v) is 2.19. The van der Waals surface area contributed by atoms with Gasteiger partial charge in [0.15, 0.2) is 0 Å². The van der Waals surface area contributed by atoms with E-state index in [1.807, 2.05) is 0 Å². The number of likely N-dealkylation sites (N-methyl/N-ethyl adjacent to an activating group) is 1. The number of hydrogen-bond acceptors (Lipinski definition) is 2.